The Bertz CT molecular complexity index is 509. The first-order chi connectivity index (χ1) is 8.27. The number of hydrogen-bond donors (Lipinski definition) is 0. The van der Waals surface area contributed by atoms with Crippen LogP contribution in [0.3, 0.4) is 0 Å². The fourth-order valence-corrected chi connectivity index (χ4v) is 3.47. The first kappa shape index (κ1) is 9.49. The Morgan fingerprint density at radius 3 is 2.35 bits per heavy atom. The Morgan fingerprint density at radius 1 is 1.18 bits per heavy atom. The standard InChI is InChI=1S/C11H8N2O3S/c14-9-7-5-1-2-6(16-5)8(7)10(15)13(9)11-12-3-4-17-11/h1-8H/t5-,6+,7?,8?. The second-order valence-electron chi connectivity index (χ2n) is 4.33. The average Bonchev–Trinajstić information content (AvgIpc) is 3.03. The van der Waals surface area contributed by atoms with Gasteiger partial charge in [0.25, 0.3) is 0 Å². The van der Waals surface area contributed by atoms with Gasteiger partial charge in [-0.25, -0.2) is 9.88 Å². The summed E-state index contributed by atoms with van der Waals surface area (Å²) < 4.78 is 5.55. The number of aromatic nitrogens is 1. The van der Waals surface area contributed by atoms with Crippen molar-refractivity contribution >= 4 is 28.3 Å². The number of rotatable bonds is 1. The minimum Gasteiger partial charge on any atom is -0.365 e. The number of fused-ring (bicyclic) bond motifs is 5. The van der Waals surface area contributed by atoms with E-state index in [0.29, 0.717) is 5.13 Å². The Balaban J connectivity index is 1.79. The molecule has 4 heterocycles. The third kappa shape index (κ3) is 1.04. The van der Waals surface area contributed by atoms with E-state index in [0.717, 1.165) is 0 Å². The van der Waals surface area contributed by atoms with Crippen LogP contribution in [0, 0.1) is 11.8 Å². The smallest absolute Gasteiger partial charge is 0.242 e. The lowest BCUT2D eigenvalue weighted by molar-refractivity contribution is -0.124. The lowest BCUT2D eigenvalue weighted by atomic mass is 9.85. The number of hydrogen-bond acceptors (Lipinski definition) is 5. The Morgan fingerprint density at radius 2 is 1.82 bits per heavy atom. The van der Waals surface area contributed by atoms with Gasteiger partial charge < -0.3 is 4.74 Å². The maximum Gasteiger partial charge on any atom is 0.242 e. The number of ether oxygens (including phenoxy) is 1. The Hall–Kier alpha value is -1.53. The summed E-state index contributed by atoms with van der Waals surface area (Å²) in [5, 5.41) is 2.22. The van der Waals surface area contributed by atoms with Crippen molar-refractivity contribution in [3.8, 4) is 0 Å². The first-order valence-electron chi connectivity index (χ1n) is 5.38. The van der Waals surface area contributed by atoms with E-state index in [9.17, 15) is 9.59 Å². The van der Waals surface area contributed by atoms with Crippen LogP contribution in [0.5, 0.6) is 0 Å². The SMILES string of the molecule is O=C1C2C(C(=O)N1c1nccs1)[C@H]1C=C[C@@H]2O1. The zero-order valence-corrected chi connectivity index (χ0v) is 9.46. The number of imide groups is 1. The van der Waals surface area contributed by atoms with Crippen LogP contribution in [-0.4, -0.2) is 29.0 Å². The maximum atomic E-state index is 12.2. The number of amides is 2. The van der Waals surface area contributed by atoms with Gasteiger partial charge in [-0.05, 0) is 0 Å². The quantitative estimate of drug-likeness (QED) is 0.539. The highest BCUT2D eigenvalue weighted by Crippen LogP contribution is 2.46. The summed E-state index contributed by atoms with van der Waals surface area (Å²) in [6.07, 6.45) is 4.89. The highest BCUT2D eigenvalue weighted by Gasteiger charge is 2.61. The van der Waals surface area contributed by atoms with E-state index in [1.165, 1.54) is 16.2 Å². The van der Waals surface area contributed by atoms with Gasteiger partial charge in [0.1, 0.15) is 0 Å². The molecule has 2 amide bonds. The van der Waals surface area contributed by atoms with Crippen LogP contribution in [0.1, 0.15) is 0 Å². The van der Waals surface area contributed by atoms with E-state index >= 15 is 0 Å². The number of thiazole rings is 1. The van der Waals surface area contributed by atoms with Crippen molar-refractivity contribution in [2.75, 3.05) is 4.90 Å². The molecule has 0 saturated carbocycles. The van der Waals surface area contributed by atoms with Crippen molar-refractivity contribution in [3.05, 3.63) is 23.7 Å². The molecule has 1 aromatic heterocycles. The summed E-state index contributed by atoms with van der Waals surface area (Å²) >= 11 is 1.30. The summed E-state index contributed by atoms with van der Waals surface area (Å²) in [7, 11) is 0. The molecule has 2 saturated heterocycles. The minimum absolute atomic E-state index is 0.174. The van der Waals surface area contributed by atoms with Crippen LogP contribution in [0.15, 0.2) is 23.7 Å². The lowest BCUT2D eigenvalue weighted by Crippen LogP contribution is -2.34. The van der Waals surface area contributed by atoms with Gasteiger partial charge in [0.05, 0.1) is 24.0 Å². The number of carbonyl (C=O) groups is 2. The van der Waals surface area contributed by atoms with Crippen molar-refractivity contribution in [3.63, 3.8) is 0 Å². The molecule has 0 spiro atoms. The fraction of sp³-hybridized carbons (Fsp3) is 0.364. The van der Waals surface area contributed by atoms with Gasteiger partial charge in [-0.1, -0.05) is 12.2 Å². The topological polar surface area (TPSA) is 59.5 Å². The molecular weight excluding hydrogens is 240 g/mol. The Kier molecular flexibility index (Phi) is 1.69. The monoisotopic (exact) mass is 248 g/mol. The molecule has 4 rings (SSSR count). The van der Waals surface area contributed by atoms with Gasteiger partial charge >= 0.3 is 0 Å². The summed E-state index contributed by atoms with van der Waals surface area (Å²) in [6.45, 7) is 0. The predicted molar refractivity (Wildman–Crippen MR) is 59.4 cm³/mol. The average molecular weight is 248 g/mol. The minimum atomic E-state index is -0.346. The number of anilines is 1. The molecule has 2 unspecified atom stereocenters. The van der Waals surface area contributed by atoms with Crippen LogP contribution in [0.2, 0.25) is 0 Å². The zero-order valence-electron chi connectivity index (χ0n) is 8.65. The van der Waals surface area contributed by atoms with E-state index in [1.54, 1.807) is 11.6 Å². The van der Waals surface area contributed by atoms with Crippen molar-refractivity contribution in [1.29, 1.82) is 0 Å². The molecule has 5 nitrogen and oxygen atoms in total. The largest absolute Gasteiger partial charge is 0.365 e. The van der Waals surface area contributed by atoms with Crippen LogP contribution < -0.4 is 4.90 Å². The molecule has 4 atom stereocenters. The predicted octanol–water partition coefficient (Wildman–Crippen LogP) is 0.586. The van der Waals surface area contributed by atoms with E-state index in [4.69, 9.17) is 4.74 Å². The Labute approximate surface area is 101 Å². The molecule has 2 bridgehead atoms. The second kappa shape index (κ2) is 3.02. The summed E-state index contributed by atoms with van der Waals surface area (Å²) in [5.74, 6) is -1.04. The molecule has 0 radical (unpaired) electrons. The molecule has 3 aliphatic rings. The van der Waals surface area contributed by atoms with Crippen molar-refractivity contribution < 1.29 is 14.3 Å². The normalized spacial score (nSPS) is 38.2. The summed E-state index contributed by atoms with van der Waals surface area (Å²) in [6, 6.07) is 0. The molecule has 0 N–H and O–H groups in total. The molecule has 1 aromatic rings. The highest BCUT2D eigenvalue weighted by atomic mass is 32.1. The molecule has 0 aromatic carbocycles. The van der Waals surface area contributed by atoms with Crippen LogP contribution in [0.4, 0.5) is 5.13 Å². The summed E-state index contributed by atoms with van der Waals surface area (Å²) in [5.41, 5.74) is 0. The van der Waals surface area contributed by atoms with Gasteiger partial charge in [0.15, 0.2) is 5.13 Å². The van der Waals surface area contributed by atoms with Gasteiger partial charge in [-0.3, -0.25) is 9.59 Å². The molecule has 6 heteroatoms. The van der Waals surface area contributed by atoms with E-state index < -0.39 is 0 Å². The summed E-state index contributed by atoms with van der Waals surface area (Å²) in [4.78, 5) is 29.7. The molecule has 3 aliphatic heterocycles. The van der Waals surface area contributed by atoms with Crippen molar-refractivity contribution in [2.45, 2.75) is 12.2 Å². The number of carbonyl (C=O) groups excluding carboxylic acids is 2. The van der Waals surface area contributed by atoms with E-state index in [-0.39, 0.29) is 35.9 Å². The molecule has 2 fully saturated rings. The molecular formula is C11H8N2O3S. The van der Waals surface area contributed by atoms with Gasteiger partial charge in [0, 0.05) is 11.6 Å². The van der Waals surface area contributed by atoms with E-state index in [1.807, 2.05) is 12.2 Å². The molecule has 0 aliphatic carbocycles. The number of nitrogens with zero attached hydrogens (tertiary/aromatic N) is 2. The van der Waals surface area contributed by atoms with Crippen LogP contribution in [0.25, 0.3) is 0 Å². The van der Waals surface area contributed by atoms with E-state index in [2.05, 4.69) is 4.98 Å². The molecule has 86 valence electrons. The third-order valence-electron chi connectivity index (χ3n) is 3.52. The van der Waals surface area contributed by atoms with Crippen LogP contribution >= 0.6 is 11.3 Å². The van der Waals surface area contributed by atoms with Gasteiger partial charge in [0.2, 0.25) is 11.8 Å². The highest BCUT2D eigenvalue weighted by molar-refractivity contribution is 7.14. The van der Waals surface area contributed by atoms with Gasteiger partial charge in [-0.15, -0.1) is 11.3 Å². The van der Waals surface area contributed by atoms with Crippen molar-refractivity contribution in [1.82, 2.24) is 4.98 Å². The lowest BCUT2D eigenvalue weighted by Gasteiger charge is -2.13. The second-order valence-corrected chi connectivity index (χ2v) is 5.20. The zero-order chi connectivity index (χ0) is 11.6. The third-order valence-corrected chi connectivity index (χ3v) is 4.28. The van der Waals surface area contributed by atoms with Crippen LogP contribution in [-0.2, 0) is 14.3 Å². The van der Waals surface area contributed by atoms with Crippen molar-refractivity contribution in [2.24, 2.45) is 11.8 Å². The first-order valence-corrected chi connectivity index (χ1v) is 6.26. The maximum absolute atomic E-state index is 12.2. The fourth-order valence-electron chi connectivity index (χ4n) is 2.82. The van der Waals surface area contributed by atoms with Gasteiger partial charge in [-0.2, -0.15) is 0 Å². The molecule has 17 heavy (non-hydrogen) atoms.